The fraction of sp³-hybridized carbons (Fsp3) is 0.0476. The zero-order valence-electron chi connectivity index (χ0n) is 17.1. The molecule has 0 spiro atoms. The van der Waals surface area contributed by atoms with Gasteiger partial charge in [-0.05, 0) is 42.0 Å². The van der Waals surface area contributed by atoms with Crippen LogP contribution < -0.4 is 14.9 Å². The molecule has 0 amide bonds. The molecule has 0 radical (unpaired) electrons. The Morgan fingerprint density at radius 3 is 2.55 bits per heavy atom. The summed E-state index contributed by atoms with van der Waals surface area (Å²) in [5.41, 5.74) is 2.19. The summed E-state index contributed by atoms with van der Waals surface area (Å²) in [5.74, 6) is -0.718. The predicted octanol–water partition coefficient (Wildman–Crippen LogP) is 3.55. The number of carbonyl (C=O) groups is 1. The van der Waals surface area contributed by atoms with E-state index in [1.807, 2.05) is 0 Å². The second-order valence-electron chi connectivity index (χ2n) is 6.54. The van der Waals surface area contributed by atoms with Gasteiger partial charge in [-0.1, -0.05) is 24.3 Å². The molecule has 0 atom stereocenters. The van der Waals surface area contributed by atoms with E-state index in [0.29, 0.717) is 11.3 Å². The standard InChI is InChI=1S/C21H18N4O7S/c1-32-15-6-4-5-14(11-15)13-22-23-19-10-9-16(12-20(19)25(28)29)33(30,31)24-18-8-3-2-7-17(18)21(26)27/h2-13,23-24H,1H3,(H,26,27)/b22-13+. The van der Waals surface area contributed by atoms with E-state index in [1.165, 1.54) is 43.7 Å². The lowest BCUT2D eigenvalue weighted by Gasteiger charge is -2.11. The molecule has 170 valence electrons. The Hall–Kier alpha value is -4.45. The van der Waals surface area contributed by atoms with Crippen LogP contribution in [0.4, 0.5) is 17.1 Å². The lowest BCUT2D eigenvalue weighted by molar-refractivity contribution is -0.384. The maximum Gasteiger partial charge on any atom is 0.337 e. The number of nitro benzene ring substituents is 1. The van der Waals surface area contributed by atoms with Gasteiger partial charge in [0.25, 0.3) is 15.7 Å². The first kappa shape index (κ1) is 23.2. The fourth-order valence-electron chi connectivity index (χ4n) is 2.78. The number of benzene rings is 3. The Labute approximate surface area is 188 Å². The Kier molecular flexibility index (Phi) is 6.88. The van der Waals surface area contributed by atoms with Crippen molar-refractivity contribution in [3.8, 4) is 5.75 Å². The molecule has 33 heavy (non-hydrogen) atoms. The highest BCUT2D eigenvalue weighted by atomic mass is 32.2. The molecule has 0 aliphatic carbocycles. The van der Waals surface area contributed by atoms with Crippen LogP contribution in [-0.4, -0.2) is 37.7 Å². The van der Waals surface area contributed by atoms with Crippen LogP contribution in [0.2, 0.25) is 0 Å². The van der Waals surface area contributed by atoms with Gasteiger partial charge in [0.15, 0.2) is 0 Å². The molecule has 0 bridgehead atoms. The second-order valence-corrected chi connectivity index (χ2v) is 8.22. The van der Waals surface area contributed by atoms with E-state index in [0.717, 1.165) is 12.1 Å². The molecule has 0 fully saturated rings. The molecule has 0 saturated carbocycles. The highest BCUT2D eigenvalue weighted by molar-refractivity contribution is 7.92. The molecule has 11 nitrogen and oxygen atoms in total. The van der Waals surface area contributed by atoms with E-state index < -0.39 is 31.5 Å². The third-order valence-electron chi connectivity index (χ3n) is 4.37. The van der Waals surface area contributed by atoms with Crippen molar-refractivity contribution >= 4 is 39.3 Å². The lowest BCUT2D eigenvalue weighted by atomic mass is 10.2. The van der Waals surface area contributed by atoms with Gasteiger partial charge in [-0.3, -0.25) is 20.3 Å². The number of methoxy groups -OCH3 is 1. The number of nitrogens with one attached hydrogen (secondary N) is 2. The number of para-hydroxylation sites is 1. The summed E-state index contributed by atoms with van der Waals surface area (Å²) >= 11 is 0. The zero-order valence-corrected chi connectivity index (χ0v) is 17.9. The number of carboxylic acids is 1. The number of hydrogen-bond donors (Lipinski definition) is 3. The number of hydrogen-bond acceptors (Lipinski definition) is 8. The average molecular weight is 470 g/mol. The molecule has 0 saturated heterocycles. The van der Waals surface area contributed by atoms with Crippen LogP contribution in [0.5, 0.6) is 5.75 Å². The molecular weight excluding hydrogens is 452 g/mol. The van der Waals surface area contributed by atoms with Crippen molar-refractivity contribution in [1.82, 2.24) is 0 Å². The first-order valence-corrected chi connectivity index (χ1v) is 10.8. The number of ether oxygens (including phenoxy) is 1. The minimum absolute atomic E-state index is 0.0379. The van der Waals surface area contributed by atoms with E-state index in [2.05, 4.69) is 15.2 Å². The molecule has 3 aromatic carbocycles. The number of sulfonamides is 1. The summed E-state index contributed by atoms with van der Waals surface area (Å²) in [6, 6.07) is 15.5. The Balaban J connectivity index is 1.87. The third kappa shape index (κ3) is 5.62. The molecule has 12 heteroatoms. The topological polar surface area (TPSA) is 160 Å². The van der Waals surface area contributed by atoms with Crippen LogP contribution >= 0.6 is 0 Å². The Bertz CT molecular complexity index is 1340. The summed E-state index contributed by atoms with van der Waals surface area (Å²) in [5, 5.41) is 24.7. The van der Waals surface area contributed by atoms with Crippen LogP contribution in [0.25, 0.3) is 0 Å². The number of aromatic carboxylic acids is 1. The summed E-state index contributed by atoms with van der Waals surface area (Å²) in [4.78, 5) is 21.7. The van der Waals surface area contributed by atoms with Crippen LogP contribution in [0.1, 0.15) is 15.9 Å². The minimum Gasteiger partial charge on any atom is -0.497 e. The van der Waals surface area contributed by atoms with Gasteiger partial charge >= 0.3 is 5.97 Å². The van der Waals surface area contributed by atoms with Crippen molar-refractivity contribution in [2.24, 2.45) is 5.10 Å². The Morgan fingerprint density at radius 1 is 1.09 bits per heavy atom. The molecule has 3 N–H and O–H groups in total. The summed E-state index contributed by atoms with van der Waals surface area (Å²) in [6.45, 7) is 0. The number of hydrazone groups is 1. The first-order valence-electron chi connectivity index (χ1n) is 9.28. The van der Waals surface area contributed by atoms with Gasteiger partial charge in [-0.25, -0.2) is 13.2 Å². The van der Waals surface area contributed by atoms with Crippen molar-refractivity contribution in [2.75, 3.05) is 17.3 Å². The van der Waals surface area contributed by atoms with Crippen LogP contribution in [0.15, 0.2) is 76.7 Å². The maximum absolute atomic E-state index is 12.7. The van der Waals surface area contributed by atoms with E-state index in [-0.39, 0.29) is 16.9 Å². The maximum atomic E-state index is 12.7. The zero-order chi connectivity index (χ0) is 24.0. The van der Waals surface area contributed by atoms with Crippen molar-refractivity contribution < 1.29 is 28.0 Å². The monoisotopic (exact) mass is 470 g/mol. The van der Waals surface area contributed by atoms with Gasteiger partial charge in [0, 0.05) is 6.07 Å². The van der Waals surface area contributed by atoms with Crippen molar-refractivity contribution in [3.63, 3.8) is 0 Å². The summed E-state index contributed by atoms with van der Waals surface area (Å²) in [7, 11) is -2.79. The van der Waals surface area contributed by atoms with Crippen LogP contribution in [0.3, 0.4) is 0 Å². The second kappa shape index (κ2) is 9.78. The summed E-state index contributed by atoms with van der Waals surface area (Å²) in [6.07, 6.45) is 1.42. The normalized spacial score (nSPS) is 11.2. The largest absolute Gasteiger partial charge is 0.497 e. The first-order chi connectivity index (χ1) is 15.7. The molecule has 0 aliphatic heterocycles. The SMILES string of the molecule is COc1cccc(/C=N/Nc2ccc(S(=O)(=O)Nc3ccccc3C(=O)O)cc2[N+](=O)[O-])c1. The fourth-order valence-corrected chi connectivity index (χ4v) is 3.88. The van der Waals surface area contributed by atoms with Gasteiger partial charge < -0.3 is 9.84 Å². The van der Waals surface area contributed by atoms with Crippen molar-refractivity contribution in [1.29, 1.82) is 0 Å². The third-order valence-corrected chi connectivity index (χ3v) is 5.73. The van der Waals surface area contributed by atoms with E-state index in [9.17, 15) is 28.4 Å². The van der Waals surface area contributed by atoms with Gasteiger partial charge in [-0.2, -0.15) is 5.10 Å². The molecule has 0 aliphatic rings. The highest BCUT2D eigenvalue weighted by Gasteiger charge is 2.23. The smallest absolute Gasteiger partial charge is 0.337 e. The predicted molar refractivity (Wildman–Crippen MR) is 122 cm³/mol. The molecule has 0 heterocycles. The lowest BCUT2D eigenvalue weighted by Crippen LogP contribution is -2.16. The number of nitrogens with zero attached hydrogens (tertiary/aromatic N) is 2. The summed E-state index contributed by atoms with van der Waals surface area (Å²) < 4.78 is 32.7. The molecule has 3 rings (SSSR count). The molecule has 0 unspecified atom stereocenters. The van der Waals surface area contributed by atoms with Gasteiger partial charge in [0.1, 0.15) is 11.4 Å². The van der Waals surface area contributed by atoms with Crippen LogP contribution in [0, 0.1) is 10.1 Å². The van der Waals surface area contributed by atoms with Crippen molar-refractivity contribution in [3.05, 3.63) is 88.0 Å². The molecular formula is C21H18N4O7S. The van der Waals surface area contributed by atoms with E-state index >= 15 is 0 Å². The number of carboxylic acid groups (broad SMARTS) is 1. The van der Waals surface area contributed by atoms with E-state index in [4.69, 9.17) is 4.74 Å². The Morgan fingerprint density at radius 2 is 1.85 bits per heavy atom. The van der Waals surface area contributed by atoms with Crippen molar-refractivity contribution in [2.45, 2.75) is 4.90 Å². The quantitative estimate of drug-likeness (QED) is 0.243. The number of nitro groups is 1. The number of anilines is 2. The molecule has 3 aromatic rings. The number of rotatable bonds is 9. The molecule has 0 aromatic heterocycles. The average Bonchev–Trinajstić information content (AvgIpc) is 2.79. The van der Waals surface area contributed by atoms with Gasteiger partial charge in [0.05, 0.1) is 34.4 Å². The van der Waals surface area contributed by atoms with Crippen LogP contribution in [-0.2, 0) is 10.0 Å². The highest BCUT2D eigenvalue weighted by Crippen LogP contribution is 2.29. The minimum atomic E-state index is -4.31. The van der Waals surface area contributed by atoms with Gasteiger partial charge in [-0.15, -0.1) is 0 Å². The van der Waals surface area contributed by atoms with Gasteiger partial charge in [0.2, 0.25) is 0 Å². The van der Waals surface area contributed by atoms with E-state index in [1.54, 1.807) is 24.3 Å².